The first-order valence-electron chi connectivity index (χ1n) is 8.17. The molecule has 1 aromatic carbocycles. The molecule has 1 fully saturated rings. The van der Waals surface area contributed by atoms with Crippen LogP contribution in [0.1, 0.15) is 23.5 Å². The number of aromatic amines is 1. The van der Waals surface area contributed by atoms with Crippen LogP contribution in [0.4, 0.5) is 0 Å². The van der Waals surface area contributed by atoms with E-state index in [1.165, 1.54) is 22.0 Å². The molecule has 130 valence electrons. The molecule has 0 saturated carbocycles. The van der Waals surface area contributed by atoms with Gasteiger partial charge in [0.1, 0.15) is 0 Å². The molecule has 0 amide bonds. The van der Waals surface area contributed by atoms with Crippen LogP contribution in [0.15, 0.2) is 22.8 Å². The Labute approximate surface area is 150 Å². The van der Waals surface area contributed by atoms with Gasteiger partial charge in [-0.15, -0.1) is 0 Å². The summed E-state index contributed by atoms with van der Waals surface area (Å²) in [6.45, 7) is 1.14. The van der Waals surface area contributed by atoms with Gasteiger partial charge in [-0.1, -0.05) is 12.1 Å². The van der Waals surface area contributed by atoms with Gasteiger partial charge < -0.3 is 9.88 Å². The van der Waals surface area contributed by atoms with E-state index in [2.05, 4.69) is 51.1 Å². The van der Waals surface area contributed by atoms with Gasteiger partial charge in [0.15, 0.2) is 0 Å². The molecule has 2 aliphatic rings. The van der Waals surface area contributed by atoms with E-state index in [1.54, 1.807) is 0 Å². The lowest BCUT2D eigenvalue weighted by molar-refractivity contribution is 0.0855. The molecular formula is C17H21BrN2O3S. The van der Waals surface area contributed by atoms with Gasteiger partial charge in [0, 0.05) is 29.4 Å². The number of halogens is 1. The normalized spacial score (nSPS) is 27.4. The van der Waals surface area contributed by atoms with Crippen molar-refractivity contribution in [1.82, 2.24) is 9.88 Å². The monoisotopic (exact) mass is 412 g/mol. The number of benzene rings is 1. The Morgan fingerprint density at radius 3 is 2.96 bits per heavy atom. The first kappa shape index (κ1) is 16.6. The second-order valence-electron chi connectivity index (χ2n) is 7.10. The summed E-state index contributed by atoms with van der Waals surface area (Å²) in [5.74, 6) is 0.640. The van der Waals surface area contributed by atoms with Gasteiger partial charge in [0.2, 0.25) is 0 Å². The highest BCUT2D eigenvalue weighted by molar-refractivity contribution is 9.10. The van der Waals surface area contributed by atoms with E-state index in [0.717, 1.165) is 30.2 Å². The van der Waals surface area contributed by atoms with Crippen LogP contribution in [-0.4, -0.2) is 50.8 Å². The largest absolute Gasteiger partial charge is 0.349 e. The van der Waals surface area contributed by atoms with Crippen molar-refractivity contribution < 1.29 is 12.6 Å². The molecule has 0 radical (unpaired) electrons. The number of piperidine rings is 1. The SMILES string of the molecule is CN1CC(COS(C)(=O)=O)C[C@@H]2c3cccc4[nH]c(Br)c(c34)C[C@H]21. The summed E-state index contributed by atoms with van der Waals surface area (Å²) in [4.78, 5) is 5.80. The molecule has 1 aromatic heterocycles. The number of hydrogen-bond acceptors (Lipinski definition) is 4. The average molecular weight is 413 g/mol. The van der Waals surface area contributed by atoms with Crippen LogP contribution < -0.4 is 0 Å². The van der Waals surface area contributed by atoms with Crippen molar-refractivity contribution in [3.63, 3.8) is 0 Å². The maximum atomic E-state index is 11.3. The standard InChI is InChI=1S/C17H21BrN2O3S/c1-20-8-10(9-23-24(2,21)22)6-12-11-4-3-5-14-16(11)13(7-15(12)20)17(18)19-14/h3-5,10,12,15,19H,6-9H2,1-2H3/t10?,12-,15-/m1/s1. The molecule has 1 aliphatic carbocycles. The molecule has 4 rings (SSSR count). The average Bonchev–Trinajstić information content (AvgIpc) is 2.83. The van der Waals surface area contributed by atoms with E-state index in [0.29, 0.717) is 12.0 Å². The summed E-state index contributed by atoms with van der Waals surface area (Å²) in [5, 5.41) is 1.34. The van der Waals surface area contributed by atoms with Gasteiger partial charge in [-0.3, -0.25) is 4.18 Å². The Balaban J connectivity index is 1.69. The predicted molar refractivity (Wildman–Crippen MR) is 97.8 cm³/mol. The Morgan fingerprint density at radius 1 is 1.42 bits per heavy atom. The third-order valence-corrected chi connectivity index (χ3v) is 6.64. The molecule has 24 heavy (non-hydrogen) atoms. The van der Waals surface area contributed by atoms with E-state index in [-0.39, 0.29) is 12.5 Å². The molecule has 2 aromatic rings. The zero-order chi connectivity index (χ0) is 17.1. The highest BCUT2D eigenvalue weighted by Gasteiger charge is 2.40. The summed E-state index contributed by atoms with van der Waals surface area (Å²) in [6.07, 6.45) is 3.09. The van der Waals surface area contributed by atoms with Crippen LogP contribution in [0.5, 0.6) is 0 Å². The molecule has 2 heterocycles. The van der Waals surface area contributed by atoms with Gasteiger partial charge >= 0.3 is 0 Å². The summed E-state index contributed by atoms with van der Waals surface area (Å²) < 4.78 is 28.8. The van der Waals surface area contributed by atoms with Gasteiger partial charge in [-0.2, -0.15) is 8.42 Å². The van der Waals surface area contributed by atoms with Crippen molar-refractivity contribution in [3.8, 4) is 0 Å². The van der Waals surface area contributed by atoms with Gasteiger partial charge in [0.05, 0.1) is 17.5 Å². The summed E-state index contributed by atoms with van der Waals surface area (Å²) in [6, 6.07) is 6.88. The van der Waals surface area contributed by atoms with Crippen LogP contribution in [0, 0.1) is 5.92 Å². The van der Waals surface area contributed by atoms with Crippen molar-refractivity contribution in [2.45, 2.75) is 24.8 Å². The van der Waals surface area contributed by atoms with Gasteiger partial charge in [-0.05, 0) is 58.9 Å². The highest BCUT2D eigenvalue weighted by atomic mass is 79.9. The number of rotatable bonds is 3. The lowest BCUT2D eigenvalue weighted by atomic mass is 9.72. The number of nitrogens with one attached hydrogen (secondary N) is 1. The van der Waals surface area contributed by atoms with E-state index >= 15 is 0 Å². The maximum Gasteiger partial charge on any atom is 0.264 e. The number of likely N-dealkylation sites (N-methyl/N-ethyl adjacent to an activating group) is 1. The fraction of sp³-hybridized carbons (Fsp3) is 0.529. The van der Waals surface area contributed by atoms with E-state index in [1.807, 2.05) is 0 Å². The van der Waals surface area contributed by atoms with Crippen molar-refractivity contribution in [2.24, 2.45) is 5.92 Å². The third-order valence-electron chi connectivity index (χ3n) is 5.40. The number of H-pyrrole nitrogens is 1. The van der Waals surface area contributed by atoms with Crippen molar-refractivity contribution >= 4 is 37.0 Å². The van der Waals surface area contributed by atoms with E-state index in [4.69, 9.17) is 4.18 Å². The first-order chi connectivity index (χ1) is 11.3. The van der Waals surface area contributed by atoms with Crippen LogP contribution in [-0.2, 0) is 20.7 Å². The number of hydrogen-bond donors (Lipinski definition) is 1. The smallest absolute Gasteiger partial charge is 0.264 e. The predicted octanol–water partition coefficient (Wildman–Crippen LogP) is 2.87. The second-order valence-corrected chi connectivity index (χ2v) is 9.53. The first-order valence-corrected chi connectivity index (χ1v) is 10.8. The quantitative estimate of drug-likeness (QED) is 0.787. The van der Waals surface area contributed by atoms with Crippen LogP contribution in [0.2, 0.25) is 0 Å². The number of aromatic nitrogens is 1. The van der Waals surface area contributed by atoms with Crippen molar-refractivity contribution in [3.05, 3.63) is 33.9 Å². The van der Waals surface area contributed by atoms with Crippen LogP contribution >= 0.6 is 15.9 Å². The van der Waals surface area contributed by atoms with E-state index in [9.17, 15) is 8.42 Å². The fourth-order valence-electron chi connectivity index (χ4n) is 4.44. The minimum Gasteiger partial charge on any atom is -0.349 e. The lowest BCUT2D eigenvalue weighted by Crippen LogP contribution is -2.48. The van der Waals surface area contributed by atoms with Crippen molar-refractivity contribution in [1.29, 1.82) is 0 Å². The zero-order valence-corrected chi connectivity index (χ0v) is 16.2. The fourth-order valence-corrected chi connectivity index (χ4v) is 5.45. The zero-order valence-electron chi connectivity index (χ0n) is 13.8. The minimum atomic E-state index is -3.39. The number of nitrogens with zero attached hydrogens (tertiary/aromatic N) is 1. The Bertz CT molecular complexity index is 893. The molecule has 5 nitrogen and oxygen atoms in total. The van der Waals surface area contributed by atoms with Crippen LogP contribution in [0.25, 0.3) is 10.9 Å². The van der Waals surface area contributed by atoms with E-state index < -0.39 is 10.1 Å². The molecule has 1 saturated heterocycles. The molecule has 1 N–H and O–H groups in total. The Kier molecular flexibility index (Phi) is 4.03. The molecule has 0 bridgehead atoms. The maximum absolute atomic E-state index is 11.3. The second kappa shape index (κ2) is 5.83. The molecule has 1 unspecified atom stereocenters. The van der Waals surface area contributed by atoms with Gasteiger partial charge in [-0.25, -0.2) is 0 Å². The molecule has 3 atom stereocenters. The summed E-state index contributed by atoms with van der Waals surface area (Å²) in [7, 11) is -1.25. The molecular weight excluding hydrogens is 392 g/mol. The van der Waals surface area contributed by atoms with Gasteiger partial charge in [0.25, 0.3) is 10.1 Å². The minimum absolute atomic E-state index is 0.227. The molecule has 0 spiro atoms. The number of fused-ring (bicyclic) bond motifs is 2. The third kappa shape index (κ3) is 2.81. The molecule has 1 aliphatic heterocycles. The van der Waals surface area contributed by atoms with Crippen molar-refractivity contribution in [2.75, 3.05) is 26.5 Å². The highest BCUT2D eigenvalue weighted by Crippen LogP contribution is 2.46. The Hall–Kier alpha value is -0.890. The summed E-state index contributed by atoms with van der Waals surface area (Å²) in [5.41, 5.74) is 3.90. The molecule has 7 heteroatoms. The summed E-state index contributed by atoms with van der Waals surface area (Å²) >= 11 is 3.67. The van der Waals surface area contributed by atoms with Crippen LogP contribution in [0.3, 0.4) is 0 Å². The Morgan fingerprint density at radius 2 is 2.21 bits per heavy atom. The topological polar surface area (TPSA) is 62.4 Å². The lowest BCUT2D eigenvalue weighted by Gasteiger charge is -2.45. The number of likely N-dealkylation sites (tertiary alicyclic amines) is 1.